The molecule has 5 nitrogen and oxygen atoms in total. The number of carbonyl (C=O) groups is 1. The first-order chi connectivity index (χ1) is 9.02. The fourth-order valence-corrected chi connectivity index (χ4v) is 2.64. The molecule has 1 saturated heterocycles. The van der Waals surface area contributed by atoms with Crippen LogP contribution >= 0.6 is 0 Å². The van der Waals surface area contributed by atoms with Gasteiger partial charge in [0.15, 0.2) is 5.82 Å². The molecule has 0 bridgehead atoms. The van der Waals surface area contributed by atoms with Crippen LogP contribution in [0.15, 0.2) is 0 Å². The molecule has 104 valence electrons. The van der Waals surface area contributed by atoms with Crippen LogP contribution < -0.4 is 4.90 Å². The van der Waals surface area contributed by atoms with Crippen molar-refractivity contribution in [2.75, 3.05) is 11.4 Å². The molecule has 1 unspecified atom stereocenters. The van der Waals surface area contributed by atoms with Gasteiger partial charge in [0.25, 0.3) is 0 Å². The summed E-state index contributed by atoms with van der Waals surface area (Å²) in [5, 5.41) is 17.7. The van der Waals surface area contributed by atoms with Crippen molar-refractivity contribution in [3.8, 4) is 0 Å². The molecule has 2 rings (SSSR count). The van der Waals surface area contributed by atoms with E-state index in [4.69, 9.17) is 0 Å². The van der Waals surface area contributed by atoms with Crippen LogP contribution in [0.3, 0.4) is 0 Å². The lowest BCUT2D eigenvalue weighted by molar-refractivity contribution is 0.0696. The second-order valence-electron chi connectivity index (χ2n) is 5.31. The highest BCUT2D eigenvalue weighted by atomic mass is 16.4. The summed E-state index contributed by atoms with van der Waals surface area (Å²) >= 11 is 0. The van der Waals surface area contributed by atoms with Crippen LogP contribution in [0, 0.1) is 13.8 Å². The molecule has 19 heavy (non-hydrogen) atoms. The number of anilines is 1. The lowest BCUT2D eigenvalue weighted by Gasteiger charge is -2.29. The number of aryl methyl sites for hydroxylation is 1. The van der Waals surface area contributed by atoms with E-state index < -0.39 is 5.97 Å². The fourth-order valence-electron chi connectivity index (χ4n) is 2.64. The van der Waals surface area contributed by atoms with Crippen LogP contribution in [0.1, 0.15) is 54.2 Å². The highest BCUT2D eigenvalue weighted by Crippen LogP contribution is 2.27. The van der Waals surface area contributed by atoms with E-state index in [0.29, 0.717) is 28.7 Å². The fraction of sp³-hybridized carbons (Fsp3) is 0.643. The Kier molecular flexibility index (Phi) is 4.02. The maximum Gasteiger partial charge on any atom is 0.339 e. The zero-order valence-electron chi connectivity index (χ0n) is 11.8. The van der Waals surface area contributed by atoms with Crippen molar-refractivity contribution in [3.63, 3.8) is 0 Å². The van der Waals surface area contributed by atoms with Gasteiger partial charge < -0.3 is 10.0 Å². The number of nitrogens with zero attached hydrogens (tertiary/aromatic N) is 3. The third kappa shape index (κ3) is 2.69. The molecule has 1 fully saturated rings. The molecular formula is C14H21N3O2. The van der Waals surface area contributed by atoms with Gasteiger partial charge in [-0.3, -0.25) is 0 Å². The SMILES string of the molecule is Cc1nnc(N2CCCCCC2C)c(C(=O)O)c1C. The van der Waals surface area contributed by atoms with Gasteiger partial charge in [0.05, 0.1) is 5.69 Å². The van der Waals surface area contributed by atoms with E-state index in [1.165, 1.54) is 12.8 Å². The second-order valence-corrected chi connectivity index (χ2v) is 5.31. The molecule has 0 radical (unpaired) electrons. The van der Waals surface area contributed by atoms with Crippen LogP contribution in [0.5, 0.6) is 0 Å². The van der Waals surface area contributed by atoms with Gasteiger partial charge in [-0.05, 0) is 39.2 Å². The number of carboxylic acids is 1. The molecule has 0 aromatic carbocycles. The standard InChI is InChI=1S/C14H21N3O2/c1-9-7-5-4-6-8-17(9)13-12(14(18)19)10(2)11(3)15-16-13/h9H,4-8H2,1-3H3,(H,18,19). The van der Waals surface area contributed by atoms with Crippen LogP contribution in [0.4, 0.5) is 5.82 Å². The Hall–Kier alpha value is -1.65. The normalized spacial score (nSPS) is 20.2. The molecule has 0 saturated carbocycles. The van der Waals surface area contributed by atoms with Crippen molar-refractivity contribution >= 4 is 11.8 Å². The molecule has 1 N–H and O–H groups in total. The zero-order chi connectivity index (χ0) is 14.0. The van der Waals surface area contributed by atoms with Crippen LogP contribution in [0.2, 0.25) is 0 Å². The first-order valence-corrected chi connectivity index (χ1v) is 6.86. The predicted molar refractivity (Wildman–Crippen MR) is 73.7 cm³/mol. The number of carboxylic acid groups (broad SMARTS) is 1. The number of hydrogen-bond acceptors (Lipinski definition) is 4. The minimum atomic E-state index is -0.915. The van der Waals surface area contributed by atoms with Gasteiger partial charge >= 0.3 is 5.97 Å². The number of hydrogen-bond donors (Lipinski definition) is 1. The quantitative estimate of drug-likeness (QED) is 0.888. The number of aromatic carboxylic acids is 1. The van der Waals surface area contributed by atoms with E-state index >= 15 is 0 Å². The second kappa shape index (κ2) is 5.55. The predicted octanol–water partition coefficient (Wildman–Crippen LogP) is 2.56. The van der Waals surface area contributed by atoms with Gasteiger partial charge in [-0.25, -0.2) is 4.79 Å². The van der Waals surface area contributed by atoms with Crippen molar-refractivity contribution in [3.05, 3.63) is 16.8 Å². The van der Waals surface area contributed by atoms with Crippen LogP contribution in [-0.4, -0.2) is 33.9 Å². The van der Waals surface area contributed by atoms with E-state index in [9.17, 15) is 9.90 Å². The van der Waals surface area contributed by atoms with Crippen LogP contribution in [-0.2, 0) is 0 Å². The topological polar surface area (TPSA) is 66.3 Å². The van der Waals surface area contributed by atoms with E-state index in [1.807, 2.05) is 0 Å². The Morgan fingerprint density at radius 3 is 2.68 bits per heavy atom. The van der Waals surface area contributed by atoms with Crippen molar-refractivity contribution in [1.29, 1.82) is 0 Å². The third-order valence-electron chi connectivity index (χ3n) is 3.97. The summed E-state index contributed by atoms with van der Waals surface area (Å²) in [7, 11) is 0. The van der Waals surface area contributed by atoms with Gasteiger partial charge in [0.1, 0.15) is 5.56 Å². The summed E-state index contributed by atoms with van der Waals surface area (Å²) in [6, 6.07) is 0.317. The Morgan fingerprint density at radius 1 is 1.26 bits per heavy atom. The van der Waals surface area contributed by atoms with Crippen molar-refractivity contribution in [2.24, 2.45) is 0 Å². The molecule has 1 atom stereocenters. The first kappa shape index (κ1) is 13.8. The minimum Gasteiger partial charge on any atom is -0.478 e. The van der Waals surface area contributed by atoms with Crippen LogP contribution in [0.25, 0.3) is 0 Å². The lowest BCUT2D eigenvalue weighted by Crippen LogP contribution is -2.35. The minimum absolute atomic E-state index is 0.307. The Morgan fingerprint density at radius 2 is 2.00 bits per heavy atom. The van der Waals surface area contributed by atoms with E-state index in [0.717, 1.165) is 19.4 Å². The summed E-state index contributed by atoms with van der Waals surface area (Å²) in [6.45, 7) is 6.59. The molecule has 0 spiro atoms. The Labute approximate surface area is 113 Å². The maximum absolute atomic E-state index is 11.5. The average Bonchev–Trinajstić information content (AvgIpc) is 2.57. The van der Waals surface area contributed by atoms with Gasteiger partial charge in [0, 0.05) is 12.6 Å². The highest BCUT2D eigenvalue weighted by molar-refractivity contribution is 5.95. The molecule has 1 aliphatic rings. The highest BCUT2D eigenvalue weighted by Gasteiger charge is 2.26. The molecule has 5 heteroatoms. The van der Waals surface area contributed by atoms with E-state index in [-0.39, 0.29) is 0 Å². The maximum atomic E-state index is 11.5. The van der Waals surface area contributed by atoms with E-state index in [2.05, 4.69) is 22.0 Å². The summed E-state index contributed by atoms with van der Waals surface area (Å²) in [5.74, 6) is -0.382. The first-order valence-electron chi connectivity index (χ1n) is 6.86. The smallest absolute Gasteiger partial charge is 0.339 e. The molecule has 0 amide bonds. The van der Waals surface area contributed by atoms with Crippen molar-refractivity contribution in [2.45, 2.75) is 52.5 Å². The van der Waals surface area contributed by atoms with Gasteiger partial charge in [-0.2, -0.15) is 5.10 Å². The Balaban J connectivity index is 2.48. The number of rotatable bonds is 2. The van der Waals surface area contributed by atoms with E-state index in [1.54, 1.807) is 13.8 Å². The van der Waals surface area contributed by atoms with Gasteiger partial charge in [0.2, 0.25) is 0 Å². The lowest BCUT2D eigenvalue weighted by atomic mass is 10.1. The molecule has 1 aromatic rings. The molecule has 1 aromatic heterocycles. The summed E-state index contributed by atoms with van der Waals surface area (Å²) in [6.07, 6.45) is 4.55. The largest absolute Gasteiger partial charge is 0.478 e. The zero-order valence-corrected chi connectivity index (χ0v) is 11.8. The van der Waals surface area contributed by atoms with Gasteiger partial charge in [-0.1, -0.05) is 12.8 Å². The summed E-state index contributed by atoms with van der Waals surface area (Å²) in [5.41, 5.74) is 1.71. The molecule has 2 heterocycles. The molecule has 0 aliphatic carbocycles. The Bertz CT molecular complexity index is 488. The molecule has 1 aliphatic heterocycles. The van der Waals surface area contributed by atoms with Crippen molar-refractivity contribution in [1.82, 2.24) is 10.2 Å². The monoisotopic (exact) mass is 263 g/mol. The third-order valence-corrected chi connectivity index (χ3v) is 3.97. The summed E-state index contributed by atoms with van der Waals surface area (Å²) < 4.78 is 0. The average molecular weight is 263 g/mol. The van der Waals surface area contributed by atoms with Crippen molar-refractivity contribution < 1.29 is 9.90 Å². The summed E-state index contributed by atoms with van der Waals surface area (Å²) in [4.78, 5) is 13.6. The van der Waals surface area contributed by atoms with Gasteiger partial charge in [-0.15, -0.1) is 5.10 Å². The molecular weight excluding hydrogens is 242 g/mol. The number of aromatic nitrogens is 2.